The molecule has 2 aromatic rings. The molecule has 2 atom stereocenters. The minimum absolute atomic E-state index is 0.0114. The lowest BCUT2D eigenvalue weighted by atomic mass is 9.86. The molecule has 122 valence electrons. The molecule has 1 aromatic heterocycles. The molecule has 1 saturated carbocycles. The Balaban J connectivity index is 1.77. The van der Waals surface area contributed by atoms with Crippen LogP contribution < -0.4 is 10.9 Å². The van der Waals surface area contributed by atoms with Crippen LogP contribution in [0.5, 0.6) is 0 Å². The number of nitrogens with zero attached hydrogens (tertiary/aromatic N) is 2. The van der Waals surface area contributed by atoms with Gasteiger partial charge in [0.25, 0.3) is 5.56 Å². The molecule has 1 amide bonds. The quantitative estimate of drug-likeness (QED) is 0.894. The van der Waals surface area contributed by atoms with Crippen molar-refractivity contribution in [1.29, 1.82) is 0 Å². The Bertz CT molecular complexity index is 787. The van der Waals surface area contributed by atoms with Gasteiger partial charge in [-0.25, -0.2) is 4.98 Å². The van der Waals surface area contributed by atoms with Crippen LogP contribution >= 0.6 is 15.9 Å². The van der Waals surface area contributed by atoms with Crippen LogP contribution in [0.4, 0.5) is 0 Å². The summed E-state index contributed by atoms with van der Waals surface area (Å²) in [7, 11) is 0. The van der Waals surface area contributed by atoms with Gasteiger partial charge in [-0.15, -0.1) is 0 Å². The van der Waals surface area contributed by atoms with Gasteiger partial charge in [-0.05, 0) is 37.0 Å². The van der Waals surface area contributed by atoms with Gasteiger partial charge in [-0.3, -0.25) is 14.2 Å². The van der Waals surface area contributed by atoms with Crippen LogP contribution in [0.1, 0.15) is 32.6 Å². The minimum atomic E-state index is -0.192. The second-order valence-electron chi connectivity index (χ2n) is 6.27. The summed E-state index contributed by atoms with van der Waals surface area (Å²) in [6.07, 6.45) is 6.00. The largest absolute Gasteiger partial charge is 0.352 e. The summed E-state index contributed by atoms with van der Waals surface area (Å²) in [4.78, 5) is 29.0. The second-order valence-corrected chi connectivity index (χ2v) is 7.19. The molecule has 3 rings (SSSR count). The van der Waals surface area contributed by atoms with E-state index in [1.54, 1.807) is 12.1 Å². The average molecular weight is 378 g/mol. The Labute approximate surface area is 143 Å². The summed E-state index contributed by atoms with van der Waals surface area (Å²) in [6.45, 7) is 2.18. The van der Waals surface area contributed by atoms with Crippen LogP contribution in [0.3, 0.4) is 0 Å². The molecule has 0 spiro atoms. The lowest BCUT2D eigenvalue weighted by Crippen LogP contribution is -2.43. The number of halogens is 1. The Kier molecular flexibility index (Phi) is 4.80. The van der Waals surface area contributed by atoms with Crippen molar-refractivity contribution < 1.29 is 4.79 Å². The van der Waals surface area contributed by atoms with E-state index in [9.17, 15) is 9.59 Å². The van der Waals surface area contributed by atoms with E-state index in [1.165, 1.54) is 17.3 Å². The molecule has 1 fully saturated rings. The zero-order valence-corrected chi connectivity index (χ0v) is 14.7. The van der Waals surface area contributed by atoms with Crippen molar-refractivity contribution in [3.05, 3.63) is 39.4 Å². The molecule has 0 unspecified atom stereocenters. The van der Waals surface area contributed by atoms with Crippen LogP contribution in [0.15, 0.2) is 33.8 Å². The molecule has 0 aliphatic heterocycles. The Morgan fingerprint density at radius 2 is 2.17 bits per heavy atom. The Morgan fingerprint density at radius 3 is 2.96 bits per heavy atom. The molecule has 1 N–H and O–H groups in total. The zero-order valence-electron chi connectivity index (χ0n) is 13.1. The molecule has 1 aliphatic carbocycles. The number of carbonyl (C=O) groups excluding carboxylic acids is 1. The van der Waals surface area contributed by atoms with Gasteiger partial charge < -0.3 is 5.32 Å². The topological polar surface area (TPSA) is 64.0 Å². The summed E-state index contributed by atoms with van der Waals surface area (Å²) in [5, 5.41) is 3.58. The molecule has 1 aliphatic rings. The van der Waals surface area contributed by atoms with Crippen molar-refractivity contribution in [3.63, 3.8) is 0 Å². The van der Waals surface area contributed by atoms with Crippen molar-refractivity contribution in [2.24, 2.45) is 5.92 Å². The SMILES string of the molecule is C[C@@H]1CCCC[C@H]1NC(=O)Cn1cnc2ccc(Br)cc2c1=O. The molecule has 23 heavy (non-hydrogen) atoms. The molecule has 5 nitrogen and oxygen atoms in total. The lowest BCUT2D eigenvalue weighted by molar-refractivity contribution is -0.123. The van der Waals surface area contributed by atoms with E-state index in [-0.39, 0.29) is 24.1 Å². The predicted octanol–water partition coefficient (Wildman–Crippen LogP) is 2.85. The maximum absolute atomic E-state index is 12.5. The highest BCUT2D eigenvalue weighted by atomic mass is 79.9. The summed E-state index contributed by atoms with van der Waals surface area (Å²) in [5.41, 5.74) is 0.443. The van der Waals surface area contributed by atoms with Crippen molar-refractivity contribution in [1.82, 2.24) is 14.9 Å². The van der Waals surface area contributed by atoms with Gasteiger partial charge in [0.15, 0.2) is 0 Å². The molecule has 6 heteroatoms. The lowest BCUT2D eigenvalue weighted by Gasteiger charge is -2.29. The van der Waals surface area contributed by atoms with Crippen LogP contribution in [0.25, 0.3) is 10.9 Å². The van der Waals surface area contributed by atoms with Gasteiger partial charge in [0.1, 0.15) is 6.54 Å². The van der Waals surface area contributed by atoms with Crippen molar-refractivity contribution in [2.75, 3.05) is 0 Å². The molecule has 1 heterocycles. The molecular weight excluding hydrogens is 358 g/mol. The number of rotatable bonds is 3. The fraction of sp³-hybridized carbons (Fsp3) is 0.471. The third kappa shape index (κ3) is 3.63. The van der Waals surface area contributed by atoms with Gasteiger partial charge in [0.05, 0.1) is 17.2 Å². The number of amides is 1. The van der Waals surface area contributed by atoms with E-state index < -0.39 is 0 Å². The number of hydrogen-bond acceptors (Lipinski definition) is 3. The Morgan fingerprint density at radius 1 is 1.39 bits per heavy atom. The zero-order chi connectivity index (χ0) is 16.4. The van der Waals surface area contributed by atoms with E-state index in [0.29, 0.717) is 16.8 Å². The third-order valence-corrected chi connectivity index (χ3v) is 5.05. The van der Waals surface area contributed by atoms with Gasteiger partial charge in [0, 0.05) is 10.5 Å². The minimum Gasteiger partial charge on any atom is -0.352 e. The number of hydrogen-bond donors (Lipinski definition) is 1. The first kappa shape index (κ1) is 16.2. The van der Waals surface area contributed by atoms with Crippen molar-refractivity contribution in [3.8, 4) is 0 Å². The maximum Gasteiger partial charge on any atom is 0.261 e. The predicted molar refractivity (Wildman–Crippen MR) is 93.3 cm³/mol. The van der Waals surface area contributed by atoms with Gasteiger partial charge in [-0.2, -0.15) is 0 Å². The fourth-order valence-electron chi connectivity index (χ4n) is 3.18. The molecule has 0 bridgehead atoms. The summed E-state index contributed by atoms with van der Waals surface area (Å²) in [6, 6.07) is 5.59. The van der Waals surface area contributed by atoms with E-state index in [1.807, 2.05) is 6.07 Å². The fourth-order valence-corrected chi connectivity index (χ4v) is 3.54. The monoisotopic (exact) mass is 377 g/mol. The van der Waals surface area contributed by atoms with Crippen LogP contribution in [0.2, 0.25) is 0 Å². The summed E-state index contributed by atoms with van der Waals surface area (Å²) in [5.74, 6) is 0.372. The summed E-state index contributed by atoms with van der Waals surface area (Å²) < 4.78 is 2.19. The normalized spacial score (nSPS) is 21.3. The highest BCUT2D eigenvalue weighted by Gasteiger charge is 2.22. The van der Waals surface area contributed by atoms with Crippen molar-refractivity contribution >= 4 is 32.7 Å². The van der Waals surface area contributed by atoms with Crippen LogP contribution in [-0.2, 0) is 11.3 Å². The number of aromatic nitrogens is 2. The first-order chi connectivity index (χ1) is 11.0. The van der Waals surface area contributed by atoms with Gasteiger partial charge in [0.2, 0.25) is 5.91 Å². The van der Waals surface area contributed by atoms with E-state index in [4.69, 9.17) is 0 Å². The number of fused-ring (bicyclic) bond motifs is 1. The van der Waals surface area contributed by atoms with E-state index in [0.717, 1.165) is 23.7 Å². The third-order valence-electron chi connectivity index (χ3n) is 4.56. The molecule has 1 aromatic carbocycles. The maximum atomic E-state index is 12.5. The standard InChI is InChI=1S/C17H20BrN3O2/c1-11-4-2-3-5-14(11)20-16(22)9-21-10-19-15-7-6-12(18)8-13(15)17(21)23/h6-8,10-11,14H,2-5,9H2,1H3,(H,20,22)/t11-,14-/m1/s1. The van der Waals surface area contributed by atoms with Crippen LogP contribution in [0, 0.1) is 5.92 Å². The van der Waals surface area contributed by atoms with Crippen LogP contribution in [-0.4, -0.2) is 21.5 Å². The van der Waals surface area contributed by atoms with Crippen molar-refractivity contribution in [2.45, 2.75) is 45.2 Å². The molecule has 0 saturated heterocycles. The Hall–Kier alpha value is -1.69. The summed E-state index contributed by atoms with van der Waals surface area (Å²) >= 11 is 3.36. The van der Waals surface area contributed by atoms with Gasteiger partial charge in [-0.1, -0.05) is 35.7 Å². The first-order valence-electron chi connectivity index (χ1n) is 7.98. The highest BCUT2D eigenvalue weighted by Crippen LogP contribution is 2.23. The highest BCUT2D eigenvalue weighted by molar-refractivity contribution is 9.10. The average Bonchev–Trinajstić information content (AvgIpc) is 2.53. The number of carbonyl (C=O) groups is 1. The number of nitrogens with one attached hydrogen (secondary N) is 1. The van der Waals surface area contributed by atoms with E-state index in [2.05, 4.69) is 33.2 Å². The molecule has 0 radical (unpaired) electrons. The van der Waals surface area contributed by atoms with E-state index >= 15 is 0 Å². The second kappa shape index (κ2) is 6.83. The van der Waals surface area contributed by atoms with Gasteiger partial charge >= 0.3 is 0 Å². The molecular formula is C17H20BrN3O2. The first-order valence-corrected chi connectivity index (χ1v) is 8.78. The smallest absolute Gasteiger partial charge is 0.261 e. The number of benzene rings is 1.